The molecular weight excluding hydrogens is 246 g/mol. The van der Waals surface area contributed by atoms with Gasteiger partial charge in [-0.3, -0.25) is 0 Å². The van der Waals surface area contributed by atoms with Crippen LogP contribution in [0.3, 0.4) is 0 Å². The van der Waals surface area contributed by atoms with Gasteiger partial charge in [-0.25, -0.2) is 0 Å². The second-order valence-corrected chi connectivity index (χ2v) is 8.03. The van der Waals surface area contributed by atoms with Crippen LogP contribution in [0.1, 0.15) is 72.6 Å². The molecule has 5 unspecified atom stereocenters. The molecule has 0 radical (unpaired) electrons. The van der Waals surface area contributed by atoms with Gasteiger partial charge in [0.15, 0.2) is 0 Å². The SMILES string of the molecule is CCC1CCC(C#N)C(OC2CC(C)CC(C)(C)C2)C1. The molecule has 0 heterocycles. The maximum Gasteiger partial charge on any atom is 0.0739 e. The first-order valence-electron chi connectivity index (χ1n) is 8.48. The average molecular weight is 277 g/mol. The van der Waals surface area contributed by atoms with Crippen molar-refractivity contribution in [2.75, 3.05) is 0 Å². The van der Waals surface area contributed by atoms with E-state index in [1.165, 1.54) is 25.7 Å². The molecule has 2 aliphatic rings. The summed E-state index contributed by atoms with van der Waals surface area (Å²) in [6, 6.07) is 2.50. The molecule has 0 aromatic carbocycles. The first-order chi connectivity index (χ1) is 9.43. The van der Waals surface area contributed by atoms with Crippen LogP contribution in [0.25, 0.3) is 0 Å². The minimum absolute atomic E-state index is 0.123. The van der Waals surface area contributed by atoms with Crippen molar-refractivity contribution in [1.82, 2.24) is 0 Å². The molecule has 0 bridgehead atoms. The van der Waals surface area contributed by atoms with Crippen LogP contribution < -0.4 is 0 Å². The van der Waals surface area contributed by atoms with E-state index in [-0.39, 0.29) is 12.0 Å². The van der Waals surface area contributed by atoms with Crippen LogP contribution in [-0.2, 0) is 4.74 Å². The van der Waals surface area contributed by atoms with Gasteiger partial charge in [0, 0.05) is 0 Å². The van der Waals surface area contributed by atoms with Crippen LogP contribution in [0.4, 0.5) is 0 Å². The highest BCUT2D eigenvalue weighted by Crippen LogP contribution is 2.42. The van der Waals surface area contributed by atoms with Gasteiger partial charge in [0.05, 0.1) is 24.2 Å². The highest BCUT2D eigenvalue weighted by atomic mass is 16.5. The number of nitrogens with zero attached hydrogens (tertiary/aromatic N) is 1. The molecule has 2 fully saturated rings. The van der Waals surface area contributed by atoms with Gasteiger partial charge >= 0.3 is 0 Å². The van der Waals surface area contributed by atoms with E-state index in [2.05, 4.69) is 33.8 Å². The number of ether oxygens (including phenoxy) is 1. The monoisotopic (exact) mass is 277 g/mol. The van der Waals surface area contributed by atoms with E-state index in [0.29, 0.717) is 11.5 Å². The molecule has 0 aliphatic heterocycles. The minimum atomic E-state index is 0.123. The fourth-order valence-electron chi connectivity index (χ4n) is 4.49. The van der Waals surface area contributed by atoms with E-state index in [1.807, 2.05) is 0 Å². The first kappa shape index (κ1) is 15.8. The van der Waals surface area contributed by atoms with E-state index in [1.54, 1.807) is 0 Å². The van der Waals surface area contributed by atoms with Crippen LogP contribution in [0.2, 0.25) is 0 Å². The molecule has 5 atom stereocenters. The lowest BCUT2D eigenvalue weighted by atomic mass is 9.71. The molecule has 0 amide bonds. The zero-order valence-corrected chi connectivity index (χ0v) is 13.7. The molecule has 2 rings (SSSR count). The lowest BCUT2D eigenvalue weighted by Gasteiger charge is -2.42. The zero-order valence-electron chi connectivity index (χ0n) is 13.7. The van der Waals surface area contributed by atoms with Crippen molar-refractivity contribution in [3.8, 4) is 6.07 Å². The Morgan fingerprint density at radius 1 is 1.20 bits per heavy atom. The van der Waals surface area contributed by atoms with Gasteiger partial charge in [-0.1, -0.05) is 34.1 Å². The summed E-state index contributed by atoms with van der Waals surface area (Å²) in [6.07, 6.45) is 8.75. The fourth-order valence-corrected chi connectivity index (χ4v) is 4.49. The van der Waals surface area contributed by atoms with E-state index >= 15 is 0 Å². The van der Waals surface area contributed by atoms with Crippen molar-refractivity contribution < 1.29 is 4.74 Å². The Hall–Kier alpha value is -0.550. The van der Waals surface area contributed by atoms with Gasteiger partial charge in [0.1, 0.15) is 0 Å². The highest BCUT2D eigenvalue weighted by Gasteiger charge is 2.37. The predicted octanol–water partition coefficient (Wildman–Crippen LogP) is 4.94. The Kier molecular flexibility index (Phi) is 5.13. The lowest BCUT2D eigenvalue weighted by molar-refractivity contribution is -0.0959. The highest BCUT2D eigenvalue weighted by molar-refractivity contribution is 4.95. The Morgan fingerprint density at radius 3 is 2.55 bits per heavy atom. The quantitative estimate of drug-likeness (QED) is 0.732. The largest absolute Gasteiger partial charge is 0.374 e. The molecule has 2 saturated carbocycles. The third kappa shape index (κ3) is 3.98. The Balaban J connectivity index is 1.97. The Labute approximate surface area is 124 Å². The van der Waals surface area contributed by atoms with Gasteiger partial charge < -0.3 is 4.74 Å². The maximum absolute atomic E-state index is 9.37. The lowest BCUT2D eigenvalue weighted by Crippen LogP contribution is -2.39. The fraction of sp³-hybridized carbons (Fsp3) is 0.944. The topological polar surface area (TPSA) is 33.0 Å². The Morgan fingerprint density at radius 2 is 1.95 bits per heavy atom. The molecular formula is C18H31NO. The second-order valence-electron chi connectivity index (χ2n) is 8.03. The number of rotatable bonds is 3. The van der Waals surface area contributed by atoms with Gasteiger partial charge in [0.2, 0.25) is 0 Å². The van der Waals surface area contributed by atoms with Crippen LogP contribution in [0.15, 0.2) is 0 Å². The van der Waals surface area contributed by atoms with Crippen LogP contribution >= 0.6 is 0 Å². The van der Waals surface area contributed by atoms with Gasteiger partial charge in [-0.15, -0.1) is 0 Å². The molecule has 114 valence electrons. The smallest absolute Gasteiger partial charge is 0.0739 e. The molecule has 0 saturated heterocycles. The standard InChI is InChI=1S/C18H31NO/c1-5-14-6-7-15(12-19)17(9-14)20-16-8-13(2)10-18(3,4)11-16/h13-17H,5-11H2,1-4H3. The van der Waals surface area contributed by atoms with E-state index < -0.39 is 0 Å². The molecule has 2 nitrogen and oxygen atoms in total. The van der Waals surface area contributed by atoms with Crippen molar-refractivity contribution in [1.29, 1.82) is 5.26 Å². The van der Waals surface area contributed by atoms with Crippen molar-refractivity contribution in [2.45, 2.75) is 84.8 Å². The predicted molar refractivity (Wildman–Crippen MR) is 82.2 cm³/mol. The second kappa shape index (κ2) is 6.48. The summed E-state index contributed by atoms with van der Waals surface area (Å²) in [5, 5.41) is 9.37. The Bertz CT molecular complexity index is 357. The van der Waals surface area contributed by atoms with Crippen molar-refractivity contribution in [3.63, 3.8) is 0 Å². The van der Waals surface area contributed by atoms with Crippen LogP contribution in [0, 0.1) is 34.5 Å². The summed E-state index contributed by atoms with van der Waals surface area (Å²) in [5.74, 6) is 1.63. The zero-order chi connectivity index (χ0) is 14.8. The van der Waals surface area contributed by atoms with Gasteiger partial charge in [-0.2, -0.15) is 5.26 Å². The normalized spacial score (nSPS) is 41.0. The van der Waals surface area contributed by atoms with Crippen molar-refractivity contribution in [2.24, 2.45) is 23.2 Å². The minimum Gasteiger partial charge on any atom is -0.374 e. The third-order valence-corrected chi connectivity index (χ3v) is 5.36. The summed E-state index contributed by atoms with van der Waals surface area (Å²) in [4.78, 5) is 0. The molecule has 0 N–H and O–H groups in total. The first-order valence-corrected chi connectivity index (χ1v) is 8.48. The van der Waals surface area contributed by atoms with Gasteiger partial charge in [0.25, 0.3) is 0 Å². The van der Waals surface area contributed by atoms with Crippen molar-refractivity contribution in [3.05, 3.63) is 0 Å². The van der Waals surface area contributed by atoms with E-state index in [9.17, 15) is 5.26 Å². The van der Waals surface area contributed by atoms with E-state index in [4.69, 9.17) is 4.74 Å². The molecule has 20 heavy (non-hydrogen) atoms. The van der Waals surface area contributed by atoms with E-state index in [0.717, 1.165) is 31.1 Å². The maximum atomic E-state index is 9.37. The number of nitriles is 1. The number of hydrogen-bond donors (Lipinski definition) is 0. The average Bonchev–Trinajstić information content (AvgIpc) is 2.36. The van der Waals surface area contributed by atoms with Gasteiger partial charge in [-0.05, 0) is 55.8 Å². The number of hydrogen-bond acceptors (Lipinski definition) is 2. The summed E-state index contributed by atoms with van der Waals surface area (Å²) in [5.41, 5.74) is 0.392. The van der Waals surface area contributed by atoms with Crippen LogP contribution in [-0.4, -0.2) is 12.2 Å². The summed E-state index contributed by atoms with van der Waals surface area (Å²) < 4.78 is 6.45. The molecule has 0 aromatic rings. The molecule has 0 spiro atoms. The summed E-state index contributed by atoms with van der Waals surface area (Å²) in [6.45, 7) is 9.32. The van der Waals surface area contributed by atoms with Crippen molar-refractivity contribution >= 4 is 0 Å². The summed E-state index contributed by atoms with van der Waals surface area (Å²) >= 11 is 0. The third-order valence-electron chi connectivity index (χ3n) is 5.36. The molecule has 2 aliphatic carbocycles. The summed E-state index contributed by atoms with van der Waals surface area (Å²) in [7, 11) is 0. The molecule has 0 aromatic heterocycles. The van der Waals surface area contributed by atoms with Crippen LogP contribution in [0.5, 0.6) is 0 Å². The molecule has 2 heteroatoms.